The SMILES string of the molecule is C1=C2CCCCCC2=CC2CC12.CC. The van der Waals surface area contributed by atoms with E-state index in [2.05, 4.69) is 12.2 Å². The highest BCUT2D eigenvalue weighted by molar-refractivity contribution is 5.39. The average Bonchev–Trinajstić information content (AvgIpc) is 2.99. The lowest BCUT2D eigenvalue weighted by atomic mass is 9.94. The van der Waals surface area contributed by atoms with Crippen LogP contribution in [0.15, 0.2) is 23.3 Å². The molecule has 78 valence electrons. The summed E-state index contributed by atoms with van der Waals surface area (Å²) in [6.07, 6.45) is 13.7. The van der Waals surface area contributed by atoms with Gasteiger partial charge in [-0.05, 0) is 55.1 Å². The third-order valence-electron chi connectivity index (χ3n) is 3.53. The topological polar surface area (TPSA) is 0 Å². The molecule has 3 rings (SSSR count). The van der Waals surface area contributed by atoms with Crippen molar-refractivity contribution in [3.05, 3.63) is 23.3 Å². The predicted molar refractivity (Wildman–Crippen MR) is 62.2 cm³/mol. The molecule has 0 aromatic carbocycles. The first-order valence-corrected chi connectivity index (χ1v) is 6.35. The van der Waals surface area contributed by atoms with Crippen molar-refractivity contribution < 1.29 is 0 Å². The van der Waals surface area contributed by atoms with Crippen molar-refractivity contribution in [2.45, 2.75) is 52.4 Å². The van der Waals surface area contributed by atoms with Crippen LogP contribution in [-0.2, 0) is 0 Å². The Kier molecular flexibility index (Phi) is 3.10. The van der Waals surface area contributed by atoms with Gasteiger partial charge in [0.1, 0.15) is 0 Å². The fraction of sp³-hybridized carbons (Fsp3) is 0.714. The number of rotatable bonds is 0. The van der Waals surface area contributed by atoms with Crippen LogP contribution >= 0.6 is 0 Å². The molecule has 2 saturated carbocycles. The van der Waals surface area contributed by atoms with E-state index in [0.717, 1.165) is 11.8 Å². The molecule has 14 heavy (non-hydrogen) atoms. The van der Waals surface area contributed by atoms with Crippen LogP contribution in [0.25, 0.3) is 0 Å². The molecule has 0 nitrogen and oxygen atoms in total. The van der Waals surface area contributed by atoms with Crippen LogP contribution in [0.4, 0.5) is 0 Å². The molecule has 2 fully saturated rings. The number of hydrogen-bond donors (Lipinski definition) is 0. The number of fused-ring (bicyclic) bond motifs is 2. The van der Waals surface area contributed by atoms with Crippen molar-refractivity contribution >= 4 is 0 Å². The Hall–Kier alpha value is -0.520. The van der Waals surface area contributed by atoms with Gasteiger partial charge in [-0.3, -0.25) is 0 Å². The standard InChI is InChI=1S/C12H16.C2H6/c1-2-4-9-6-11-8-12(11)7-10(9)5-3-1;1-2/h6-7,11-12H,1-5,8H2;1-2H3. The van der Waals surface area contributed by atoms with Crippen molar-refractivity contribution in [3.8, 4) is 0 Å². The summed E-state index contributed by atoms with van der Waals surface area (Å²) in [5.41, 5.74) is 3.43. The van der Waals surface area contributed by atoms with Crippen LogP contribution in [0.2, 0.25) is 0 Å². The lowest BCUT2D eigenvalue weighted by Crippen LogP contribution is -1.94. The molecule has 0 spiro atoms. The molecule has 0 aliphatic heterocycles. The quantitative estimate of drug-likeness (QED) is 0.528. The highest BCUT2D eigenvalue weighted by Gasteiger charge is 2.37. The van der Waals surface area contributed by atoms with Crippen molar-refractivity contribution in [2.24, 2.45) is 11.8 Å². The summed E-state index contributed by atoms with van der Waals surface area (Å²) >= 11 is 0. The molecule has 2 unspecified atom stereocenters. The van der Waals surface area contributed by atoms with Crippen LogP contribution in [0.5, 0.6) is 0 Å². The van der Waals surface area contributed by atoms with Gasteiger partial charge in [-0.15, -0.1) is 0 Å². The highest BCUT2D eigenvalue weighted by Crippen LogP contribution is 2.48. The molecule has 0 N–H and O–H groups in total. The summed E-state index contributed by atoms with van der Waals surface area (Å²) in [4.78, 5) is 0. The zero-order valence-corrected chi connectivity index (χ0v) is 9.55. The summed E-state index contributed by atoms with van der Waals surface area (Å²) in [6.45, 7) is 4.00. The van der Waals surface area contributed by atoms with E-state index in [1.807, 2.05) is 13.8 Å². The summed E-state index contributed by atoms with van der Waals surface area (Å²) in [5.74, 6) is 1.92. The van der Waals surface area contributed by atoms with E-state index in [4.69, 9.17) is 0 Å². The Balaban J connectivity index is 0.000000354. The van der Waals surface area contributed by atoms with Crippen molar-refractivity contribution in [1.29, 1.82) is 0 Å². The smallest absolute Gasteiger partial charge is 0.0158 e. The molecule has 0 heteroatoms. The minimum Gasteiger partial charge on any atom is -0.0773 e. The van der Waals surface area contributed by atoms with Crippen LogP contribution < -0.4 is 0 Å². The monoisotopic (exact) mass is 190 g/mol. The average molecular weight is 190 g/mol. The normalized spacial score (nSPS) is 33.6. The van der Waals surface area contributed by atoms with Gasteiger partial charge in [0.05, 0.1) is 0 Å². The Bertz CT molecular complexity index is 231. The minimum absolute atomic E-state index is 0.960. The van der Waals surface area contributed by atoms with Gasteiger partial charge in [0.25, 0.3) is 0 Å². The Morgan fingerprint density at radius 1 is 0.857 bits per heavy atom. The van der Waals surface area contributed by atoms with E-state index in [1.54, 1.807) is 11.1 Å². The molecule has 0 radical (unpaired) electrons. The van der Waals surface area contributed by atoms with E-state index in [9.17, 15) is 0 Å². The maximum Gasteiger partial charge on any atom is -0.0158 e. The molecular weight excluding hydrogens is 168 g/mol. The van der Waals surface area contributed by atoms with Gasteiger partial charge in [0.2, 0.25) is 0 Å². The van der Waals surface area contributed by atoms with E-state index < -0.39 is 0 Å². The summed E-state index contributed by atoms with van der Waals surface area (Å²) in [5, 5.41) is 0. The zero-order chi connectivity index (χ0) is 9.97. The highest BCUT2D eigenvalue weighted by atomic mass is 14.4. The Morgan fingerprint density at radius 2 is 1.36 bits per heavy atom. The van der Waals surface area contributed by atoms with Gasteiger partial charge in [0.15, 0.2) is 0 Å². The minimum atomic E-state index is 0.960. The van der Waals surface area contributed by atoms with Crippen LogP contribution in [0, 0.1) is 11.8 Å². The van der Waals surface area contributed by atoms with Gasteiger partial charge in [-0.2, -0.15) is 0 Å². The fourth-order valence-electron chi connectivity index (χ4n) is 2.65. The lowest BCUT2D eigenvalue weighted by molar-refractivity contribution is 0.719. The molecule has 3 aliphatic carbocycles. The van der Waals surface area contributed by atoms with E-state index >= 15 is 0 Å². The summed E-state index contributed by atoms with van der Waals surface area (Å²) in [6, 6.07) is 0. The Labute approximate surface area is 88.1 Å². The Morgan fingerprint density at radius 3 is 1.86 bits per heavy atom. The zero-order valence-electron chi connectivity index (χ0n) is 9.55. The van der Waals surface area contributed by atoms with E-state index in [-0.39, 0.29) is 0 Å². The first-order chi connectivity index (χ1) is 6.93. The van der Waals surface area contributed by atoms with Crippen LogP contribution in [0.3, 0.4) is 0 Å². The third kappa shape index (κ3) is 1.94. The second-order valence-electron chi connectivity index (χ2n) is 4.51. The van der Waals surface area contributed by atoms with Crippen LogP contribution in [-0.4, -0.2) is 0 Å². The van der Waals surface area contributed by atoms with E-state index in [1.165, 1.54) is 38.5 Å². The largest absolute Gasteiger partial charge is 0.0773 e. The third-order valence-corrected chi connectivity index (χ3v) is 3.53. The van der Waals surface area contributed by atoms with Gasteiger partial charge < -0.3 is 0 Å². The number of hydrogen-bond acceptors (Lipinski definition) is 0. The molecule has 2 atom stereocenters. The predicted octanol–water partition coefficient (Wildman–Crippen LogP) is 4.48. The molecule has 0 amide bonds. The first-order valence-electron chi connectivity index (χ1n) is 6.35. The van der Waals surface area contributed by atoms with Crippen molar-refractivity contribution in [1.82, 2.24) is 0 Å². The van der Waals surface area contributed by atoms with Gasteiger partial charge >= 0.3 is 0 Å². The number of allylic oxidation sites excluding steroid dienone is 4. The molecular formula is C14H22. The fourth-order valence-corrected chi connectivity index (χ4v) is 2.65. The summed E-state index contributed by atoms with van der Waals surface area (Å²) in [7, 11) is 0. The molecule has 0 bridgehead atoms. The molecule has 0 aromatic rings. The van der Waals surface area contributed by atoms with Crippen LogP contribution in [0.1, 0.15) is 52.4 Å². The lowest BCUT2D eigenvalue weighted by Gasteiger charge is -2.11. The van der Waals surface area contributed by atoms with E-state index in [0.29, 0.717) is 0 Å². The first kappa shape index (κ1) is 10.0. The summed E-state index contributed by atoms with van der Waals surface area (Å²) < 4.78 is 0. The second kappa shape index (κ2) is 4.33. The molecule has 0 heterocycles. The second-order valence-corrected chi connectivity index (χ2v) is 4.51. The molecule has 0 saturated heterocycles. The van der Waals surface area contributed by atoms with Gasteiger partial charge in [-0.25, -0.2) is 0 Å². The van der Waals surface area contributed by atoms with Gasteiger partial charge in [0, 0.05) is 0 Å². The van der Waals surface area contributed by atoms with Crippen molar-refractivity contribution in [3.63, 3.8) is 0 Å². The maximum atomic E-state index is 2.57. The molecule has 3 aliphatic rings. The van der Waals surface area contributed by atoms with Crippen molar-refractivity contribution in [2.75, 3.05) is 0 Å². The van der Waals surface area contributed by atoms with Gasteiger partial charge in [-0.1, -0.05) is 32.4 Å². The molecule has 0 aromatic heterocycles. The maximum absolute atomic E-state index is 2.57.